The van der Waals surface area contributed by atoms with Gasteiger partial charge in [-0.3, -0.25) is 5.43 Å². The number of aromatic nitrogens is 3. The lowest BCUT2D eigenvalue weighted by Crippen LogP contribution is -2.26. The van der Waals surface area contributed by atoms with Gasteiger partial charge in [-0.1, -0.05) is 0 Å². The lowest BCUT2D eigenvalue weighted by atomic mass is 10.5. The Morgan fingerprint density at radius 2 is 2.00 bits per heavy atom. The molecule has 19 heavy (non-hydrogen) atoms. The molecule has 0 atom stereocenters. The molecule has 1 fully saturated rings. The van der Waals surface area contributed by atoms with Gasteiger partial charge in [0.2, 0.25) is 11.9 Å². The van der Waals surface area contributed by atoms with Crippen LogP contribution >= 0.6 is 0 Å². The average molecular weight is 267 g/mol. The van der Waals surface area contributed by atoms with Crippen molar-refractivity contribution in [3.05, 3.63) is 0 Å². The van der Waals surface area contributed by atoms with E-state index >= 15 is 0 Å². The molecule has 1 aliphatic rings. The molecule has 2 rings (SSSR count). The maximum atomic E-state index is 5.56. The smallest absolute Gasteiger partial charge is 0.323 e. The Hall–Kier alpha value is -1.67. The Kier molecular flexibility index (Phi) is 4.33. The highest BCUT2D eigenvalue weighted by Gasteiger charge is 2.25. The van der Waals surface area contributed by atoms with Gasteiger partial charge in [-0.15, -0.1) is 0 Å². The molecule has 8 heteroatoms. The van der Waals surface area contributed by atoms with Gasteiger partial charge < -0.3 is 14.5 Å². The predicted molar refractivity (Wildman–Crippen MR) is 73.1 cm³/mol. The zero-order valence-electron chi connectivity index (χ0n) is 11.6. The van der Waals surface area contributed by atoms with Crippen LogP contribution in [0.3, 0.4) is 0 Å². The summed E-state index contributed by atoms with van der Waals surface area (Å²) in [6.45, 7) is 1.41. The van der Waals surface area contributed by atoms with Crippen LogP contribution in [0, 0.1) is 0 Å². The van der Waals surface area contributed by atoms with Gasteiger partial charge in [0.05, 0.1) is 0 Å². The number of hydrazine groups is 1. The molecule has 1 saturated carbocycles. The molecule has 1 aliphatic carbocycles. The van der Waals surface area contributed by atoms with Crippen molar-refractivity contribution < 1.29 is 4.74 Å². The number of hydrogen-bond acceptors (Lipinski definition) is 8. The Bertz CT molecular complexity index is 422. The maximum absolute atomic E-state index is 5.56. The second-order valence-electron chi connectivity index (χ2n) is 4.84. The minimum atomic E-state index is 0.288. The van der Waals surface area contributed by atoms with Crippen LogP contribution in [-0.2, 0) is 0 Å². The van der Waals surface area contributed by atoms with Crippen molar-refractivity contribution in [2.45, 2.75) is 18.9 Å². The summed E-state index contributed by atoms with van der Waals surface area (Å²) in [5.74, 6) is 6.13. The Labute approximate surface area is 112 Å². The van der Waals surface area contributed by atoms with Crippen molar-refractivity contribution in [2.75, 3.05) is 44.6 Å². The van der Waals surface area contributed by atoms with Crippen molar-refractivity contribution in [3.63, 3.8) is 0 Å². The minimum absolute atomic E-state index is 0.288. The second kappa shape index (κ2) is 5.98. The molecule has 1 aromatic rings. The van der Waals surface area contributed by atoms with Gasteiger partial charge in [0, 0.05) is 26.7 Å². The molecule has 0 spiro atoms. The first kappa shape index (κ1) is 13.8. The first-order valence-electron chi connectivity index (χ1n) is 6.33. The zero-order valence-corrected chi connectivity index (χ0v) is 11.6. The van der Waals surface area contributed by atoms with Crippen molar-refractivity contribution in [1.82, 2.24) is 19.9 Å². The summed E-state index contributed by atoms with van der Waals surface area (Å²) in [4.78, 5) is 16.4. The summed E-state index contributed by atoms with van der Waals surface area (Å²) in [5.41, 5.74) is 2.41. The molecule has 1 heterocycles. The van der Waals surface area contributed by atoms with E-state index in [4.69, 9.17) is 10.6 Å². The predicted octanol–water partition coefficient (Wildman–Crippen LogP) is -0.304. The molecule has 0 radical (unpaired) electrons. The molecule has 8 nitrogen and oxygen atoms in total. The van der Waals surface area contributed by atoms with Crippen LogP contribution in [0.5, 0.6) is 6.01 Å². The van der Waals surface area contributed by atoms with Crippen molar-refractivity contribution >= 4 is 11.9 Å². The van der Waals surface area contributed by atoms with E-state index in [0.29, 0.717) is 18.5 Å². The van der Waals surface area contributed by atoms with Gasteiger partial charge >= 0.3 is 6.01 Å². The number of likely N-dealkylation sites (N-methyl/N-ethyl adjacent to an activating group) is 1. The number of nitrogens with two attached hydrogens (primary N) is 1. The van der Waals surface area contributed by atoms with E-state index in [-0.39, 0.29) is 6.01 Å². The van der Waals surface area contributed by atoms with Crippen molar-refractivity contribution in [1.29, 1.82) is 0 Å². The van der Waals surface area contributed by atoms with Gasteiger partial charge in [-0.25, -0.2) is 5.84 Å². The van der Waals surface area contributed by atoms with E-state index in [1.807, 2.05) is 14.1 Å². The van der Waals surface area contributed by atoms with Crippen molar-refractivity contribution in [3.8, 4) is 6.01 Å². The molecule has 3 N–H and O–H groups in total. The molecule has 0 unspecified atom stereocenters. The molecule has 0 saturated heterocycles. The van der Waals surface area contributed by atoms with Gasteiger partial charge in [-0.05, 0) is 19.9 Å². The molecular formula is C11H21N7O. The number of nitrogens with one attached hydrogen (secondary N) is 1. The topological polar surface area (TPSA) is 92.4 Å². The van der Waals surface area contributed by atoms with E-state index in [9.17, 15) is 0 Å². The van der Waals surface area contributed by atoms with E-state index < -0.39 is 0 Å². The lowest BCUT2D eigenvalue weighted by molar-refractivity contribution is 0.220. The van der Waals surface area contributed by atoms with Gasteiger partial charge in [-0.2, -0.15) is 15.0 Å². The summed E-state index contributed by atoms with van der Waals surface area (Å²) in [5, 5.41) is 0. The molecule has 0 aromatic carbocycles. The molecule has 1 aromatic heterocycles. The Morgan fingerprint density at radius 1 is 1.26 bits per heavy atom. The second-order valence-corrected chi connectivity index (χ2v) is 4.84. The summed E-state index contributed by atoms with van der Waals surface area (Å²) < 4.78 is 5.56. The van der Waals surface area contributed by atoms with Crippen LogP contribution in [0.25, 0.3) is 0 Å². The van der Waals surface area contributed by atoms with Crippen LogP contribution in [0.1, 0.15) is 12.8 Å². The van der Waals surface area contributed by atoms with Gasteiger partial charge in [0.15, 0.2) is 0 Å². The third-order valence-corrected chi connectivity index (χ3v) is 2.98. The first-order valence-corrected chi connectivity index (χ1v) is 6.33. The molecule has 0 aliphatic heterocycles. The third kappa shape index (κ3) is 3.90. The van der Waals surface area contributed by atoms with Crippen LogP contribution in [0.15, 0.2) is 0 Å². The van der Waals surface area contributed by atoms with E-state index in [1.165, 1.54) is 12.8 Å². The average Bonchev–Trinajstić information content (AvgIpc) is 3.22. The van der Waals surface area contributed by atoms with E-state index in [0.717, 1.165) is 12.6 Å². The number of anilines is 2. The summed E-state index contributed by atoms with van der Waals surface area (Å²) in [6, 6.07) is 1.01. The maximum Gasteiger partial charge on any atom is 0.323 e. The largest absolute Gasteiger partial charge is 0.462 e. The van der Waals surface area contributed by atoms with Crippen molar-refractivity contribution in [2.24, 2.45) is 5.84 Å². The SMILES string of the molecule is CN(C)c1nc(NN)nc(OCCN(C)C2CC2)n1. The first-order chi connectivity index (χ1) is 9.10. The van der Waals surface area contributed by atoms with Crippen LogP contribution < -0.4 is 20.9 Å². The third-order valence-electron chi connectivity index (χ3n) is 2.98. The molecule has 0 amide bonds. The number of ether oxygens (including phenoxy) is 1. The van der Waals surface area contributed by atoms with Crippen LogP contribution in [0.2, 0.25) is 0 Å². The number of hydrogen-bond donors (Lipinski definition) is 2. The number of rotatable bonds is 7. The number of nitrogen functional groups attached to an aromatic ring is 1. The molecular weight excluding hydrogens is 246 g/mol. The van der Waals surface area contributed by atoms with Gasteiger partial charge in [0.1, 0.15) is 6.61 Å². The Morgan fingerprint density at radius 3 is 2.58 bits per heavy atom. The summed E-state index contributed by atoms with van der Waals surface area (Å²) in [6.07, 6.45) is 2.57. The molecule has 106 valence electrons. The summed E-state index contributed by atoms with van der Waals surface area (Å²) in [7, 11) is 5.80. The fourth-order valence-electron chi connectivity index (χ4n) is 1.65. The number of nitrogens with zero attached hydrogens (tertiary/aromatic N) is 5. The highest BCUT2D eigenvalue weighted by atomic mass is 16.5. The van der Waals surface area contributed by atoms with Gasteiger partial charge in [0.25, 0.3) is 0 Å². The molecule has 0 bridgehead atoms. The van der Waals surface area contributed by atoms with E-state index in [1.54, 1.807) is 4.90 Å². The zero-order chi connectivity index (χ0) is 13.8. The monoisotopic (exact) mass is 267 g/mol. The standard InChI is InChI=1S/C11H21N7O/c1-17(2)10-13-9(16-12)14-11(15-10)19-7-6-18(3)8-4-5-8/h8H,4-7,12H2,1-3H3,(H,13,14,15,16). The van der Waals surface area contributed by atoms with Crippen LogP contribution in [-0.4, -0.2) is 60.2 Å². The Balaban J connectivity index is 1.92. The normalized spacial score (nSPS) is 14.6. The van der Waals surface area contributed by atoms with Crippen LogP contribution in [0.4, 0.5) is 11.9 Å². The highest BCUT2D eigenvalue weighted by Crippen LogP contribution is 2.24. The highest BCUT2D eigenvalue weighted by molar-refractivity contribution is 5.35. The minimum Gasteiger partial charge on any atom is -0.462 e. The quantitative estimate of drug-likeness (QED) is 0.513. The fraction of sp³-hybridized carbons (Fsp3) is 0.727. The fourth-order valence-corrected chi connectivity index (χ4v) is 1.65. The summed E-state index contributed by atoms with van der Waals surface area (Å²) >= 11 is 0. The lowest BCUT2D eigenvalue weighted by Gasteiger charge is -2.16. The van der Waals surface area contributed by atoms with E-state index in [2.05, 4.69) is 32.3 Å².